The van der Waals surface area contributed by atoms with Crippen LogP contribution in [0.5, 0.6) is 0 Å². The molecule has 0 bridgehead atoms. The van der Waals surface area contributed by atoms with Gasteiger partial charge in [0, 0.05) is 29.7 Å². The number of hydrogen-bond acceptors (Lipinski definition) is 3. The van der Waals surface area contributed by atoms with E-state index in [4.69, 9.17) is 0 Å². The number of para-hydroxylation sites is 1. The monoisotopic (exact) mass is 318 g/mol. The van der Waals surface area contributed by atoms with Crippen LogP contribution in [0.15, 0.2) is 29.2 Å². The molecule has 6 heteroatoms. The number of benzene rings is 1. The zero-order valence-electron chi connectivity index (χ0n) is 12.1. The third kappa shape index (κ3) is 5.43. The molecule has 0 aliphatic carbocycles. The van der Waals surface area contributed by atoms with E-state index >= 15 is 0 Å². The number of anilines is 1. The van der Waals surface area contributed by atoms with Gasteiger partial charge in [0.15, 0.2) is 0 Å². The number of halogens is 3. The Morgan fingerprint density at radius 1 is 1.24 bits per heavy atom. The molecule has 118 valence electrons. The van der Waals surface area contributed by atoms with E-state index < -0.39 is 11.9 Å². The first-order valence-electron chi connectivity index (χ1n) is 7.25. The number of hydrogen-bond donors (Lipinski definition) is 1. The largest absolute Gasteiger partial charge is 0.398 e. The van der Waals surface area contributed by atoms with Gasteiger partial charge in [0.25, 0.3) is 0 Å². The van der Waals surface area contributed by atoms with Gasteiger partial charge in [0.05, 0.1) is 5.75 Å². The summed E-state index contributed by atoms with van der Waals surface area (Å²) >= 11 is 0.850. The molecule has 1 aromatic rings. The lowest BCUT2D eigenvalue weighted by Crippen LogP contribution is -2.38. The SMILES string of the molecule is CCN1CCC(Nc2ccccc2SCC(F)(F)F)CC1. The van der Waals surface area contributed by atoms with Crippen molar-refractivity contribution in [2.45, 2.75) is 36.9 Å². The van der Waals surface area contributed by atoms with Crippen molar-refractivity contribution in [3.8, 4) is 0 Å². The van der Waals surface area contributed by atoms with E-state index in [1.807, 2.05) is 12.1 Å². The highest BCUT2D eigenvalue weighted by molar-refractivity contribution is 7.99. The topological polar surface area (TPSA) is 15.3 Å². The van der Waals surface area contributed by atoms with Crippen molar-refractivity contribution >= 4 is 17.4 Å². The number of likely N-dealkylation sites (tertiary alicyclic amines) is 1. The number of nitrogens with one attached hydrogen (secondary N) is 1. The molecule has 1 aliphatic rings. The third-order valence-corrected chi connectivity index (χ3v) is 4.81. The van der Waals surface area contributed by atoms with Crippen molar-refractivity contribution < 1.29 is 13.2 Å². The van der Waals surface area contributed by atoms with Gasteiger partial charge in [-0.25, -0.2) is 0 Å². The number of thioether (sulfide) groups is 1. The van der Waals surface area contributed by atoms with E-state index in [-0.39, 0.29) is 0 Å². The molecule has 1 N–H and O–H groups in total. The van der Waals surface area contributed by atoms with Crippen LogP contribution in [-0.4, -0.2) is 42.5 Å². The lowest BCUT2D eigenvalue weighted by molar-refractivity contribution is -0.105. The van der Waals surface area contributed by atoms with E-state index in [1.165, 1.54) is 0 Å². The van der Waals surface area contributed by atoms with Gasteiger partial charge in [-0.1, -0.05) is 19.1 Å². The fourth-order valence-electron chi connectivity index (χ4n) is 2.48. The molecule has 1 saturated heterocycles. The Labute approximate surface area is 128 Å². The number of rotatable bonds is 5. The van der Waals surface area contributed by atoms with Crippen LogP contribution >= 0.6 is 11.8 Å². The first-order chi connectivity index (χ1) is 9.98. The second-order valence-corrected chi connectivity index (χ2v) is 6.27. The van der Waals surface area contributed by atoms with Crippen LogP contribution in [0.25, 0.3) is 0 Å². The molecule has 1 aliphatic heterocycles. The van der Waals surface area contributed by atoms with Crippen molar-refractivity contribution in [2.75, 3.05) is 30.7 Å². The fraction of sp³-hybridized carbons (Fsp3) is 0.600. The number of nitrogens with zero attached hydrogens (tertiary/aromatic N) is 1. The summed E-state index contributed by atoms with van der Waals surface area (Å²) in [7, 11) is 0. The molecule has 0 radical (unpaired) electrons. The lowest BCUT2D eigenvalue weighted by atomic mass is 10.0. The second kappa shape index (κ2) is 7.40. The average molecular weight is 318 g/mol. The van der Waals surface area contributed by atoms with Gasteiger partial charge in [-0.3, -0.25) is 0 Å². The molecule has 2 rings (SSSR count). The molecule has 1 heterocycles. The van der Waals surface area contributed by atoms with Gasteiger partial charge in [-0.15, -0.1) is 11.8 Å². The quantitative estimate of drug-likeness (QED) is 0.818. The summed E-state index contributed by atoms with van der Waals surface area (Å²) in [5, 5.41) is 3.42. The van der Waals surface area contributed by atoms with Crippen LogP contribution in [0.3, 0.4) is 0 Å². The molecule has 0 aromatic heterocycles. The Balaban J connectivity index is 1.94. The van der Waals surface area contributed by atoms with Gasteiger partial charge >= 0.3 is 6.18 Å². The standard InChI is InChI=1S/C15H21F3N2S/c1-2-20-9-7-12(8-10-20)19-13-5-3-4-6-14(13)21-11-15(16,17)18/h3-6,12,19H,2,7-11H2,1H3. The first kappa shape index (κ1) is 16.5. The third-order valence-electron chi connectivity index (χ3n) is 3.67. The zero-order valence-corrected chi connectivity index (χ0v) is 12.9. The molecule has 0 amide bonds. The maximum absolute atomic E-state index is 12.4. The van der Waals surface area contributed by atoms with Crippen molar-refractivity contribution in [1.82, 2.24) is 4.90 Å². The van der Waals surface area contributed by atoms with E-state index in [1.54, 1.807) is 12.1 Å². The average Bonchev–Trinajstić information content (AvgIpc) is 2.46. The summed E-state index contributed by atoms with van der Waals surface area (Å²) in [6, 6.07) is 7.61. The van der Waals surface area contributed by atoms with Crippen LogP contribution in [-0.2, 0) is 0 Å². The van der Waals surface area contributed by atoms with E-state index in [2.05, 4.69) is 17.1 Å². The lowest BCUT2D eigenvalue weighted by Gasteiger charge is -2.32. The Hall–Kier alpha value is -0.880. The Kier molecular flexibility index (Phi) is 5.81. The summed E-state index contributed by atoms with van der Waals surface area (Å²) in [4.78, 5) is 3.07. The minimum absolute atomic E-state index is 0.348. The molecule has 0 atom stereocenters. The maximum Gasteiger partial charge on any atom is 0.398 e. The molecular formula is C15H21F3N2S. The highest BCUT2D eigenvalue weighted by Crippen LogP contribution is 2.33. The summed E-state index contributed by atoms with van der Waals surface area (Å²) in [6.45, 7) is 5.31. The van der Waals surface area contributed by atoms with Gasteiger partial charge in [-0.05, 0) is 31.5 Å². The zero-order chi connectivity index (χ0) is 15.3. The van der Waals surface area contributed by atoms with Crippen molar-refractivity contribution in [2.24, 2.45) is 0 Å². The molecule has 2 nitrogen and oxygen atoms in total. The molecule has 1 aromatic carbocycles. The number of alkyl halides is 3. The first-order valence-corrected chi connectivity index (χ1v) is 8.24. The summed E-state index contributed by atoms with van der Waals surface area (Å²) in [5.74, 6) is -0.847. The minimum atomic E-state index is -4.13. The molecule has 0 unspecified atom stereocenters. The predicted molar refractivity (Wildman–Crippen MR) is 82.0 cm³/mol. The number of piperidine rings is 1. The second-order valence-electron chi connectivity index (χ2n) is 5.25. The van der Waals surface area contributed by atoms with Crippen LogP contribution in [0, 0.1) is 0 Å². The Morgan fingerprint density at radius 3 is 2.52 bits per heavy atom. The summed E-state index contributed by atoms with van der Waals surface area (Å²) in [6.07, 6.45) is -2.07. The van der Waals surface area contributed by atoms with Crippen LogP contribution in [0.2, 0.25) is 0 Å². The van der Waals surface area contributed by atoms with Crippen molar-refractivity contribution in [3.05, 3.63) is 24.3 Å². The molecular weight excluding hydrogens is 297 g/mol. The van der Waals surface area contributed by atoms with Gasteiger partial charge < -0.3 is 10.2 Å². The Morgan fingerprint density at radius 2 is 1.90 bits per heavy atom. The van der Waals surface area contributed by atoms with Crippen molar-refractivity contribution in [1.29, 1.82) is 0 Å². The van der Waals surface area contributed by atoms with Crippen molar-refractivity contribution in [3.63, 3.8) is 0 Å². The molecule has 1 fully saturated rings. The summed E-state index contributed by atoms with van der Waals surface area (Å²) < 4.78 is 37.1. The maximum atomic E-state index is 12.4. The van der Waals surface area contributed by atoms with Gasteiger partial charge in [0.2, 0.25) is 0 Å². The van der Waals surface area contributed by atoms with Gasteiger partial charge in [0.1, 0.15) is 0 Å². The normalized spacial score (nSPS) is 17.9. The van der Waals surface area contributed by atoms with E-state index in [0.29, 0.717) is 10.9 Å². The van der Waals surface area contributed by atoms with Gasteiger partial charge in [-0.2, -0.15) is 13.2 Å². The van der Waals surface area contributed by atoms with Crippen LogP contribution in [0.1, 0.15) is 19.8 Å². The van der Waals surface area contributed by atoms with Crippen LogP contribution < -0.4 is 5.32 Å². The van der Waals surface area contributed by atoms with E-state index in [9.17, 15) is 13.2 Å². The van der Waals surface area contributed by atoms with Crippen LogP contribution in [0.4, 0.5) is 18.9 Å². The molecule has 0 spiro atoms. The summed E-state index contributed by atoms with van der Waals surface area (Å²) in [5.41, 5.74) is 0.821. The van der Waals surface area contributed by atoms with E-state index in [0.717, 1.165) is 49.9 Å². The highest BCUT2D eigenvalue weighted by Gasteiger charge is 2.28. The highest BCUT2D eigenvalue weighted by atomic mass is 32.2. The molecule has 0 saturated carbocycles. The smallest absolute Gasteiger partial charge is 0.381 e. The predicted octanol–water partition coefficient (Wildman–Crippen LogP) is 4.24. The Bertz CT molecular complexity index is 443. The molecule has 21 heavy (non-hydrogen) atoms. The fourth-order valence-corrected chi connectivity index (χ4v) is 3.26. The minimum Gasteiger partial charge on any atom is -0.381 e.